The SMILES string of the molecule is COc1cccc(CNC(=O)C2CCC(=O)N2)c1. The van der Waals surface area contributed by atoms with Gasteiger partial charge in [0.2, 0.25) is 11.8 Å². The summed E-state index contributed by atoms with van der Waals surface area (Å²) < 4.78 is 5.11. The molecule has 18 heavy (non-hydrogen) atoms. The van der Waals surface area contributed by atoms with Crippen molar-refractivity contribution >= 4 is 11.8 Å². The lowest BCUT2D eigenvalue weighted by Gasteiger charge is -2.11. The van der Waals surface area contributed by atoms with Crippen molar-refractivity contribution < 1.29 is 14.3 Å². The Kier molecular flexibility index (Phi) is 3.82. The maximum atomic E-state index is 11.8. The summed E-state index contributed by atoms with van der Waals surface area (Å²) in [5, 5.41) is 5.44. The Morgan fingerprint density at radius 2 is 2.39 bits per heavy atom. The van der Waals surface area contributed by atoms with Crippen LogP contribution in [0.3, 0.4) is 0 Å². The maximum absolute atomic E-state index is 11.8. The molecule has 96 valence electrons. The zero-order valence-electron chi connectivity index (χ0n) is 10.2. The van der Waals surface area contributed by atoms with E-state index in [0.717, 1.165) is 11.3 Å². The van der Waals surface area contributed by atoms with Crippen molar-refractivity contribution in [1.82, 2.24) is 10.6 Å². The molecule has 1 aromatic carbocycles. The van der Waals surface area contributed by atoms with Crippen molar-refractivity contribution in [2.45, 2.75) is 25.4 Å². The van der Waals surface area contributed by atoms with Crippen LogP contribution in [0.4, 0.5) is 0 Å². The Morgan fingerprint density at radius 1 is 1.56 bits per heavy atom. The molecule has 0 aromatic heterocycles. The summed E-state index contributed by atoms with van der Waals surface area (Å²) >= 11 is 0. The fraction of sp³-hybridized carbons (Fsp3) is 0.385. The van der Waals surface area contributed by atoms with Gasteiger partial charge in [-0.1, -0.05) is 12.1 Å². The van der Waals surface area contributed by atoms with E-state index in [0.29, 0.717) is 19.4 Å². The van der Waals surface area contributed by atoms with E-state index in [9.17, 15) is 9.59 Å². The average molecular weight is 248 g/mol. The van der Waals surface area contributed by atoms with Crippen LogP contribution in [-0.2, 0) is 16.1 Å². The molecule has 0 aliphatic carbocycles. The van der Waals surface area contributed by atoms with E-state index in [1.165, 1.54) is 0 Å². The second kappa shape index (κ2) is 5.53. The van der Waals surface area contributed by atoms with Crippen molar-refractivity contribution in [3.63, 3.8) is 0 Å². The largest absolute Gasteiger partial charge is 0.497 e. The number of methoxy groups -OCH3 is 1. The summed E-state index contributed by atoms with van der Waals surface area (Å²) in [6, 6.07) is 7.12. The van der Waals surface area contributed by atoms with Gasteiger partial charge in [-0.3, -0.25) is 9.59 Å². The number of nitrogens with one attached hydrogen (secondary N) is 2. The molecule has 1 aliphatic heterocycles. The van der Waals surface area contributed by atoms with Gasteiger partial charge in [0, 0.05) is 13.0 Å². The Morgan fingerprint density at radius 3 is 3.06 bits per heavy atom. The molecule has 1 aliphatic rings. The second-order valence-corrected chi connectivity index (χ2v) is 4.23. The number of carbonyl (C=O) groups excluding carboxylic acids is 2. The van der Waals surface area contributed by atoms with Crippen LogP contribution < -0.4 is 15.4 Å². The Bertz CT molecular complexity index is 459. The summed E-state index contributed by atoms with van der Waals surface area (Å²) in [7, 11) is 1.60. The van der Waals surface area contributed by atoms with E-state index < -0.39 is 0 Å². The van der Waals surface area contributed by atoms with Crippen LogP contribution in [-0.4, -0.2) is 25.0 Å². The van der Waals surface area contributed by atoms with Gasteiger partial charge in [0.15, 0.2) is 0 Å². The van der Waals surface area contributed by atoms with Gasteiger partial charge in [-0.25, -0.2) is 0 Å². The van der Waals surface area contributed by atoms with Gasteiger partial charge in [-0.05, 0) is 24.1 Å². The van der Waals surface area contributed by atoms with Crippen LogP contribution in [0.15, 0.2) is 24.3 Å². The van der Waals surface area contributed by atoms with E-state index in [2.05, 4.69) is 10.6 Å². The average Bonchev–Trinajstić information content (AvgIpc) is 2.83. The zero-order valence-corrected chi connectivity index (χ0v) is 10.2. The van der Waals surface area contributed by atoms with E-state index in [-0.39, 0.29) is 17.9 Å². The van der Waals surface area contributed by atoms with Crippen LogP contribution in [0.25, 0.3) is 0 Å². The molecule has 5 nitrogen and oxygen atoms in total. The first-order valence-electron chi connectivity index (χ1n) is 5.89. The van der Waals surface area contributed by atoms with Crippen LogP contribution in [0.2, 0.25) is 0 Å². The molecular formula is C13H16N2O3. The quantitative estimate of drug-likeness (QED) is 0.819. The van der Waals surface area contributed by atoms with Crippen LogP contribution in [0.1, 0.15) is 18.4 Å². The first kappa shape index (κ1) is 12.4. The van der Waals surface area contributed by atoms with E-state index in [1.54, 1.807) is 7.11 Å². The van der Waals surface area contributed by atoms with E-state index >= 15 is 0 Å². The molecule has 1 aromatic rings. The first-order chi connectivity index (χ1) is 8.69. The smallest absolute Gasteiger partial charge is 0.242 e. The predicted molar refractivity (Wildman–Crippen MR) is 66.0 cm³/mol. The molecule has 2 rings (SSSR count). The van der Waals surface area contributed by atoms with Crippen LogP contribution in [0, 0.1) is 0 Å². The molecule has 1 saturated heterocycles. The standard InChI is InChI=1S/C13H16N2O3/c1-18-10-4-2-3-9(7-10)8-14-13(17)11-5-6-12(16)15-11/h2-4,7,11H,5-6,8H2,1H3,(H,14,17)(H,15,16). The molecule has 2 N–H and O–H groups in total. The van der Waals surface area contributed by atoms with Gasteiger partial charge >= 0.3 is 0 Å². The molecule has 1 fully saturated rings. The lowest BCUT2D eigenvalue weighted by Crippen LogP contribution is -2.41. The third kappa shape index (κ3) is 3.00. The number of hydrogen-bond acceptors (Lipinski definition) is 3. The molecule has 1 unspecified atom stereocenters. The van der Waals surface area contributed by atoms with Gasteiger partial charge in [0.05, 0.1) is 7.11 Å². The van der Waals surface area contributed by atoms with Crippen molar-refractivity contribution in [3.8, 4) is 5.75 Å². The van der Waals surface area contributed by atoms with Crippen LogP contribution >= 0.6 is 0 Å². The van der Waals surface area contributed by atoms with Gasteiger partial charge in [-0.2, -0.15) is 0 Å². The number of amides is 2. The second-order valence-electron chi connectivity index (χ2n) is 4.23. The summed E-state index contributed by atoms with van der Waals surface area (Å²) in [4.78, 5) is 22.8. The number of hydrogen-bond donors (Lipinski definition) is 2. The van der Waals surface area contributed by atoms with E-state index in [4.69, 9.17) is 4.74 Å². The van der Waals surface area contributed by atoms with E-state index in [1.807, 2.05) is 24.3 Å². The predicted octanol–water partition coefficient (Wildman–Crippen LogP) is 0.590. The lowest BCUT2D eigenvalue weighted by atomic mass is 10.2. The van der Waals surface area contributed by atoms with Crippen LogP contribution in [0.5, 0.6) is 5.75 Å². The fourth-order valence-corrected chi connectivity index (χ4v) is 1.91. The molecule has 5 heteroatoms. The number of ether oxygens (including phenoxy) is 1. The molecule has 1 atom stereocenters. The normalized spacial score (nSPS) is 18.3. The fourth-order valence-electron chi connectivity index (χ4n) is 1.91. The summed E-state index contributed by atoms with van der Waals surface area (Å²) in [5.41, 5.74) is 0.965. The van der Waals surface area contributed by atoms with Gasteiger partial charge < -0.3 is 15.4 Å². The number of benzene rings is 1. The highest BCUT2D eigenvalue weighted by Gasteiger charge is 2.26. The molecule has 0 spiro atoms. The zero-order chi connectivity index (χ0) is 13.0. The topological polar surface area (TPSA) is 67.4 Å². The highest BCUT2D eigenvalue weighted by molar-refractivity contribution is 5.90. The van der Waals surface area contributed by atoms with Crippen molar-refractivity contribution in [2.75, 3.05) is 7.11 Å². The van der Waals surface area contributed by atoms with Gasteiger partial charge in [-0.15, -0.1) is 0 Å². The molecule has 0 radical (unpaired) electrons. The number of carbonyl (C=O) groups is 2. The summed E-state index contributed by atoms with van der Waals surface area (Å²) in [6.45, 7) is 0.433. The third-order valence-electron chi connectivity index (χ3n) is 2.91. The van der Waals surface area contributed by atoms with Gasteiger partial charge in [0.1, 0.15) is 11.8 Å². The van der Waals surface area contributed by atoms with Crippen molar-refractivity contribution in [2.24, 2.45) is 0 Å². The summed E-state index contributed by atoms with van der Waals surface area (Å²) in [5.74, 6) is 0.566. The lowest BCUT2D eigenvalue weighted by molar-refractivity contribution is -0.125. The Balaban J connectivity index is 1.87. The van der Waals surface area contributed by atoms with Crippen molar-refractivity contribution in [3.05, 3.63) is 29.8 Å². The molecule has 2 amide bonds. The molecule has 0 saturated carbocycles. The summed E-state index contributed by atoms with van der Waals surface area (Å²) in [6.07, 6.45) is 1.00. The monoisotopic (exact) mass is 248 g/mol. The minimum absolute atomic E-state index is 0.0588. The molecular weight excluding hydrogens is 232 g/mol. The number of rotatable bonds is 4. The minimum atomic E-state index is -0.386. The van der Waals surface area contributed by atoms with Crippen molar-refractivity contribution in [1.29, 1.82) is 0 Å². The molecule has 0 bridgehead atoms. The van der Waals surface area contributed by atoms with Gasteiger partial charge in [0.25, 0.3) is 0 Å². The maximum Gasteiger partial charge on any atom is 0.242 e. The third-order valence-corrected chi connectivity index (χ3v) is 2.91. The Labute approximate surface area is 106 Å². The highest BCUT2D eigenvalue weighted by atomic mass is 16.5. The highest BCUT2D eigenvalue weighted by Crippen LogP contribution is 2.12. The molecule has 1 heterocycles. The minimum Gasteiger partial charge on any atom is -0.497 e. The Hall–Kier alpha value is -2.04. The first-order valence-corrected chi connectivity index (χ1v) is 5.89.